The van der Waals surface area contributed by atoms with E-state index < -0.39 is 35.3 Å². The maximum atomic E-state index is 13.6. The zero-order valence-electron chi connectivity index (χ0n) is 17.4. The van der Waals surface area contributed by atoms with Crippen LogP contribution in [0.2, 0.25) is 0 Å². The van der Waals surface area contributed by atoms with E-state index in [2.05, 4.69) is 15.6 Å². The molecule has 0 aliphatic heterocycles. The van der Waals surface area contributed by atoms with Crippen LogP contribution in [0.25, 0.3) is 11.3 Å². The van der Waals surface area contributed by atoms with Gasteiger partial charge in [-0.3, -0.25) is 0 Å². The van der Waals surface area contributed by atoms with Gasteiger partial charge in [-0.25, -0.2) is 4.98 Å². The lowest BCUT2D eigenvalue weighted by atomic mass is 10.0. The van der Waals surface area contributed by atoms with Crippen molar-refractivity contribution in [2.24, 2.45) is 5.92 Å². The molecule has 33 heavy (non-hydrogen) atoms. The number of allylic oxidation sites excluding steroid dienone is 2. The van der Waals surface area contributed by atoms with Gasteiger partial charge in [0.05, 0.1) is 17.4 Å². The molecule has 0 radical (unpaired) electrons. The molecule has 1 aromatic carbocycles. The lowest BCUT2D eigenvalue weighted by molar-refractivity contribution is -0.142. The fourth-order valence-corrected chi connectivity index (χ4v) is 3.36. The van der Waals surface area contributed by atoms with E-state index in [1.165, 1.54) is 6.07 Å². The van der Waals surface area contributed by atoms with Crippen LogP contribution in [0.3, 0.4) is 0 Å². The summed E-state index contributed by atoms with van der Waals surface area (Å²) in [5.74, 6) is 0.319. The fourth-order valence-electron chi connectivity index (χ4n) is 3.36. The Labute approximate surface area is 187 Å². The van der Waals surface area contributed by atoms with Crippen molar-refractivity contribution in [2.75, 3.05) is 26.2 Å². The monoisotopic (exact) mass is 471 g/mol. The number of hydrogen-bond acceptors (Lipinski definition) is 4. The third-order valence-electron chi connectivity index (χ3n) is 5.09. The summed E-state index contributed by atoms with van der Waals surface area (Å²) in [7, 11) is 0. The SMILES string of the molecule is O[C@H](CNCCNCC1C=CC=C1)c1ccc(-c2ccc(C(F)(F)F)cc2)nc1C(F)(F)F. The Balaban J connectivity index is 1.63. The smallest absolute Gasteiger partial charge is 0.387 e. The van der Waals surface area contributed by atoms with Gasteiger partial charge in [-0.05, 0) is 18.2 Å². The van der Waals surface area contributed by atoms with E-state index >= 15 is 0 Å². The Morgan fingerprint density at radius 3 is 2.09 bits per heavy atom. The fraction of sp³-hybridized carbons (Fsp3) is 0.348. The normalized spacial score (nSPS) is 15.4. The summed E-state index contributed by atoms with van der Waals surface area (Å²) < 4.78 is 78.9. The van der Waals surface area contributed by atoms with E-state index in [9.17, 15) is 31.4 Å². The molecule has 0 saturated heterocycles. The second-order valence-corrected chi connectivity index (χ2v) is 7.56. The second-order valence-electron chi connectivity index (χ2n) is 7.56. The van der Waals surface area contributed by atoms with Gasteiger partial charge in [0.25, 0.3) is 0 Å². The molecule has 0 unspecified atom stereocenters. The summed E-state index contributed by atoms with van der Waals surface area (Å²) in [6.07, 6.45) is -2.86. The van der Waals surface area contributed by atoms with Crippen molar-refractivity contribution in [3.63, 3.8) is 0 Å². The van der Waals surface area contributed by atoms with Gasteiger partial charge in [-0.15, -0.1) is 0 Å². The highest BCUT2D eigenvalue weighted by Crippen LogP contribution is 2.36. The molecule has 4 nitrogen and oxygen atoms in total. The van der Waals surface area contributed by atoms with Gasteiger partial charge in [0, 0.05) is 43.2 Å². The molecule has 0 spiro atoms. The van der Waals surface area contributed by atoms with Gasteiger partial charge >= 0.3 is 12.4 Å². The summed E-state index contributed by atoms with van der Waals surface area (Å²) >= 11 is 0. The highest BCUT2D eigenvalue weighted by atomic mass is 19.4. The van der Waals surface area contributed by atoms with Crippen LogP contribution in [0.15, 0.2) is 60.7 Å². The largest absolute Gasteiger partial charge is 0.433 e. The third kappa shape index (κ3) is 6.89. The number of halogens is 6. The highest BCUT2D eigenvalue weighted by molar-refractivity contribution is 5.60. The van der Waals surface area contributed by atoms with Crippen molar-refractivity contribution >= 4 is 0 Å². The zero-order valence-corrected chi connectivity index (χ0v) is 17.4. The Hall–Kier alpha value is -2.69. The Morgan fingerprint density at radius 2 is 1.48 bits per heavy atom. The Kier molecular flexibility index (Phi) is 7.93. The minimum absolute atomic E-state index is 0.102. The molecule has 1 aromatic heterocycles. The first-order valence-corrected chi connectivity index (χ1v) is 10.3. The zero-order chi connectivity index (χ0) is 24.1. The Morgan fingerprint density at radius 1 is 0.848 bits per heavy atom. The number of aliphatic hydroxyl groups excluding tert-OH is 1. The van der Waals surface area contributed by atoms with Gasteiger partial charge in [0.2, 0.25) is 0 Å². The second kappa shape index (κ2) is 10.5. The van der Waals surface area contributed by atoms with Gasteiger partial charge < -0.3 is 15.7 Å². The molecule has 2 aromatic rings. The van der Waals surface area contributed by atoms with E-state index in [0.717, 1.165) is 36.9 Å². The van der Waals surface area contributed by atoms with Crippen molar-refractivity contribution in [2.45, 2.75) is 18.5 Å². The number of nitrogens with one attached hydrogen (secondary N) is 2. The lowest BCUT2D eigenvalue weighted by Crippen LogP contribution is -2.32. The standard InChI is InChI=1S/C23H23F6N3O/c24-22(25,26)17-7-5-16(6-8-17)19-10-9-18(21(32-19)23(27,28)29)20(33)14-31-12-11-30-13-15-3-1-2-4-15/h1-10,15,20,30-31,33H,11-14H2/t20-/m1/s1. The summed E-state index contributed by atoms with van der Waals surface area (Å²) in [4.78, 5) is 3.61. The maximum Gasteiger partial charge on any atom is 0.433 e. The van der Waals surface area contributed by atoms with Crippen molar-refractivity contribution in [1.29, 1.82) is 0 Å². The molecule has 178 valence electrons. The number of alkyl halides is 6. The molecular weight excluding hydrogens is 448 g/mol. The quantitative estimate of drug-likeness (QED) is 0.365. The first kappa shape index (κ1) is 24.9. The van der Waals surface area contributed by atoms with Gasteiger partial charge in [-0.2, -0.15) is 26.3 Å². The molecule has 1 heterocycles. The van der Waals surface area contributed by atoms with Gasteiger partial charge in [0.1, 0.15) is 0 Å². The number of hydrogen-bond donors (Lipinski definition) is 3. The molecule has 10 heteroatoms. The molecule has 0 bridgehead atoms. The average molecular weight is 471 g/mol. The molecule has 0 amide bonds. The minimum atomic E-state index is -4.85. The van der Waals surface area contributed by atoms with Crippen LogP contribution in [-0.2, 0) is 12.4 Å². The highest BCUT2D eigenvalue weighted by Gasteiger charge is 2.37. The van der Waals surface area contributed by atoms with Crippen LogP contribution < -0.4 is 10.6 Å². The van der Waals surface area contributed by atoms with Gasteiger partial charge in [-0.1, -0.05) is 42.5 Å². The molecular formula is C23H23F6N3O. The molecule has 1 atom stereocenters. The van der Waals surface area contributed by atoms with Crippen LogP contribution in [0.5, 0.6) is 0 Å². The number of rotatable bonds is 9. The number of nitrogens with zero attached hydrogens (tertiary/aromatic N) is 1. The maximum absolute atomic E-state index is 13.6. The number of aliphatic hydroxyl groups is 1. The van der Waals surface area contributed by atoms with E-state index in [-0.39, 0.29) is 17.8 Å². The van der Waals surface area contributed by atoms with E-state index in [1.54, 1.807) is 0 Å². The molecule has 1 aliphatic rings. The van der Waals surface area contributed by atoms with E-state index in [1.807, 2.05) is 24.3 Å². The molecule has 0 saturated carbocycles. The van der Waals surface area contributed by atoms with E-state index in [0.29, 0.717) is 19.0 Å². The minimum Gasteiger partial charge on any atom is -0.387 e. The van der Waals surface area contributed by atoms with Gasteiger partial charge in [0.15, 0.2) is 5.69 Å². The predicted octanol–water partition coefficient (Wildman–Crippen LogP) is 4.74. The molecule has 3 rings (SSSR count). The van der Waals surface area contributed by atoms with E-state index in [4.69, 9.17) is 0 Å². The van der Waals surface area contributed by atoms with Crippen LogP contribution in [0, 0.1) is 5.92 Å². The van der Waals surface area contributed by atoms with Crippen molar-refractivity contribution in [1.82, 2.24) is 15.6 Å². The van der Waals surface area contributed by atoms with Crippen molar-refractivity contribution in [3.8, 4) is 11.3 Å². The van der Waals surface area contributed by atoms with Crippen molar-refractivity contribution in [3.05, 3.63) is 77.5 Å². The number of benzene rings is 1. The summed E-state index contributed by atoms with van der Waals surface area (Å²) in [6, 6.07) is 6.04. The van der Waals surface area contributed by atoms with Crippen LogP contribution in [0.1, 0.15) is 22.9 Å². The number of pyridine rings is 1. The van der Waals surface area contributed by atoms with Crippen LogP contribution in [0.4, 0.5) is 26.3 Å². The average Bonchev–Trinajstić information content (AvgIpc) is 3.28. The predicted molar refractivity (Wildman–Crippen MR) is 112 cm³/mol. The molecule has 0 fully saturated rings. The summed E-state index contributed by atoms with van der Waals surface area (Å²) in [5, 5.41) is 16.4. The summed E-state index contributed by atoms with van der Waals surface area (Å²) in [5.41, 5.74) is -2.62. The first-order chi connectivity index (χ1) is 15.6. The Bertz CT molecular complexity index is 971. The molecule has 3 N–H and O–H groups in total. The molecule has 1 aliphatic carbocycles. The van der Waals surface area contributed by atoms with Crippen LogP contribution >= 0.6 is 0 Å². The van der Waals surface area contributed by atoms with Crippen LogP contribution in [-0.4, -0.2) is 36.3 Å². The summed E-state index contributed by atoms with van der Waals surface area (Å²) in [6.45, 7) is 1.64. The third-order valence-corrected chi connectivity index (χ3v) is 5.09. The first-order valence-electron chi connectivity index (χ1n) is 10.3. The lowest BCUT2D eigenvalue weighted by Gasteiger charge is -2.18. The topological polar surface area (TPSA) is 57.2 Å². The van der Waals surface area contributed by atoms with Crippen molar-refractivity contribution < 1.29 is 31.4 Å². The number of aromatic nitrogens is 1.